The van der Waals surface area contributed by atoms with E-state index < -0.39 is 0 Å². The van der Waals surface area contributed by atoms with Crippen LogP contribution in [0, 0.1) is 0 Å². The van der Waals surface area contributed by atoms with Crippen LogP contribution in [0.2, 0.25) is 0 Å². The largest absolute Gasteiger partial charge is 0.377 e. The Labute approximate surface area is 124 Å². The van der Waals surface area contributed by atoms with Gasteiger partial charge in [-0.15, -0.1) is 0 Å². The summed E-state index contributed by atoms with van der Waals surface area (Å²) in [6, 6.07) is 2.30. The van der Waals surface area contributed by atoms with Crippen LogP contribution in [0.3, 0.4) is 0 Å². The summed E-state index contributed by atoms with van der Waals surface area (Å²) in [5, 5.41) is 4.68. The Bertz CT molecular complexity index is 631. The van der Waals surface area contributed by atoms with E-state index in [4.69, 9.17) is 10.5 Å². The van der Waals surface area contributed by atoms with Gasteiger partial charge in [-0.2, -0.15) is 5.10 Å². The van der Waals surface area contributed by atoms with Gasteiger partial charge in [0.05, 0.1) is 24.9 Å². The standard InChI is InChI=1S/C15H23N5O/c1-15(2,3)13-8-12-14(17-4-5-20(12)18-13)19-6-7-21-10-11(19)9-16/h4-5,8,11H,6-7,9-10,16H2,1-3H3. The zero-order valence-corrected chi connectivity index (χ0v) is 12.9. The Morgan fingerprint density at radius 2 is 2.24 bits per heavy atom. The van der Waals surface area contributed by atoms with Gasteiger partial charge in [-0.25, -0.2) is 9.50 Å². The van der Waals surface area contributed by atoms with Gasteiger partial charge in [-0.05, 0) is 6.07 Å². The molecular weight excluding hydrogens is 266 g/mol. The highest BCUT2D eigenvalue weighted by Crippen LogP contribution is 2.27. The van der Waals surface area contributed by atoms with Gasteiger partial charge >= 0.3 is 0 Å². The summed E-state index contributed by atoms with van der Waals surface area (Å²) in [5.74, 6) is 0.944. The first-order chi connectivity index (χ1) is 10.0. The van der Waals surface area contributed by atoms with Crippen molar-refractivity contribution < 1.29 is 4.74 Å². The van der Waals surface area contributed by atoms with Crippen LogP contribution < -0.4 is 10.6 Å². The second-order valence-electron chi connectivity index (χ2n) is 6.52. The van der Waals surface area contributed by atoms with Crippen molar-refractivity contribution >= 4 is 11.3 Å². The van der Waals surface area contributed by atoms with Crippen LogP contribution in [0.25, 0.3) is 5.52 Å². The molecular formula is C15H23N5O. The maximum Gasteiger partial charge on any atom is 0.155 e. The molecule has 2 aromatic heterocycles. The lowest BCUT2D eigenvalue weighted by Crippen LogP contribution is -2.50. The number of nitrogens with zero attached hydrogens (tertiary/aromatic N) is 4. The number of morpholine rings is 1. The van der Waals surface area contributed by atoms with Crippen molar-refractivity contribution in [3.8, 4) is 0 Å². The third-order valence-electron chi connectivity index (χ3n) is 3.91. The van der Waals surface area contributed by atoms with E-state index >= 15 is 0 Å². The number of fused-ring (bicyclic) bond motifs is 1. The average Bonchev–Trinajstić information content (AvgIpc) is 2.91. The Hall–Kier alpha value is -1.66. The van der Waals surface area contributed by atoms with Crippen LogP contribution in [0.4, 0.5) is 5.82 Å². The second kappa shape index (κ2) is 5.27. The highest BCUT2D eigenvalue weighted by molar-refractivity contribution is 5.70. The van der Waals surface area contributed by atoms with Crippen LogP contribution in [0.5, 0.6) is 0 Å². The number of hydrogen-bond acceptors (Lipinski definition) is 5. The summed E-state index contributed by atoms with van der Waals surface area (Å²) < 4.78 is 7.43. The van der Waals surface area contributed by atoms with Crippen LogP contribution in [0.15, 0.2) is 18.5 Å². The molecule has 0 aliphatic carbocycles. The molecule has 0 spiro atoms. The topological polar surface area (TPSA) is 68.7 Å². The number of aromatic nitrogens is 3. The molecule has 114 valence electrons. The van der Waals surface area contributed by atoms with Crippen LogP contribution >= 0.6 is 0 Å². The summed E-state index contributed by atoms with van der Waals surface area (Å²) in [6.07, 6.45) is 3.69. The predicted molar refractivity (Wildman–Crippen MR) is 82.7 cm³/mol. The normalized spacial score (nSPS) is 20.2. The van der Waals surface area contributed by atoms with Gasteiger partial charge in [0.2, 0.25) is 0 Å². The van der Waals surface area contributed by atoms with Gasteiger partial charge in [0.1, 0.15) is 5.52 Å². The lowest BCUT2D eigenvalue weighted by atomic mass is 9.92. The highest BCUT2D eigenvalue weighted by Gasteiger charge is 2.26. The van der Waals surface area contributed by atoms with Gasteiger partial charge in [-0.3, -0.25) is 0 Å². The lowest BCUT2D eigenvalue weighted by molar-refractivity contribution is 0.0959. The molecule has 1 saturated heterocycles. The average molecular weight is 289 g/mol. The van der Waals surface area contributed by atoms with Crippen molar-refractivity contribution in [2.24, 2.45) is 5.73 Å². The van der Waals surface area contributed by atoms with Gasteiger partial charge in [0, 0.05) is 30.9 Å². The maximum absolute atomic E-state index is 5.88. The molecule has 1 unspecified atom stereocenters. The van der Waals surface area contributed by atoms with Crippen molar-refractivity contribution in [3.63, 3.8) is 0 Å². The minimum absolute atomic E-state index is 0.0154. The number of hydrogen-bond donors (Lipinski definition) is 1. The fraction of sp³-hybridized carbons (Fsp3) is 0.600. The van der Waals surface area contributed by atoms with Crippen molar-refractivity contribution in [1.29, 1.82) is 0 Å². The van der Waals surface area contributed by atoms with E-state index in [1.54, 1.807) is 6.20 Å². The Morgan fingerprint density at radius 1 is 1.43 bits per heavy atom. The Balaban J connectivity index is 2.07. The molecule has 2 aromatic rings. The molecule has 0 amide bonds. The SMILES string of the molecule is CC(C)(C)c1cc2c(N3CCOCC3CN)nccn2n1. The van der Waals surface area contributed by atoms with E-state index in [0.29, 0.717) is 19.8 Å². The Morgan fingerprint density at radius 3 is 2.95 bits per heavy atom. The summed E-state index contributed by atoms with van der Waals surface area (Å²) in [5.41, 5.74) is 7.99. The van der Waals surface area contributed by atoms with Gasteiger partial charge in [0.25, 0.3) is 0 Å². The van der Waals surface area contributed by atoms with Crippen molar-refractivity contribution in [3.05, 3.63) is 24.2 Å². The summed E-state index contributed by atoms with van der Waals surface area (Å²) >= 11 is 0. The van der Waals surface area contributed by atoms with Crippen LogP contribution in [-0.2, 0) is 10.2 Å². The molecule has 1 atom stereocenters. The number of anilines is 1. The highest BCUT2D eigenvalue weighted by atomic mass is 16.5. The van der Waals surface area contributed by atoms with Gasteiger partial charge < -0.3 is 15.4 Å². The van der Waals surface area contributed by atoms with Crippen LogP contribution in [0.1, 0.15) is 26.5 Å². The fourth-order valence-corrected chi connectivity index (χ4v) is 2.63. The number of rotatable bonds is 2. The number of nitrogens with two attached hydrogens (primary N) is 1. The summed E-state index contributed by atoms with van der Waals surface area (Å²) in [6.45, 7) is 9.23. The second-order valence-corrected chi connectivity index (χ2v) is 6.52. The third kappa shape index (κ3) is 2.61. The van der Waals surface area contributed by atoms with E-state index in [-0.39, 0.29) is 11.5 Å². The van der Waals surface area contributed by atoms with Gasteiger partial charge in [0.15, 0.2) is 5.82 Å². The molecule has 0 bridgehead atoms. The van der Waals surface area contributed by atoms with E-state index in [2.05, 4.69) is 41.8 Å². The molecule has 2 N–H and O–H groups in total. The maximum atomic E-state index is 5.88. The molecule has 6 heteroatoms. The Kier molecular flexibility index (Phi) is 3.59. The number of ether oxygens (including phenoxy) is 1. The van der Waals surface area contributed by atoms with E-state index in [1.165, 1.54) is 0 Å². The molecule has 21 heavy (non-hydrogen) atoms. The van der Waals surface area contributed by atoms with Crippen molar-refractivity contribution in [1.82, 2.24) is 14.6 Å². The first-order valence-electron chi connectivity index (χ1n) is 7.40. The third-order valence-corrected chi connectivity index (χ3v) is 3.91. The fourth-order valence-electron chi connectivity index (χ4n) is 2.63. The minimum atomic E-state index is 0.0154. The molecule has 3 rings (SSSR count). The van der Waals surface area contributed by atoms with E-state index in [1.807, 2.05) is 10.7 Å². The van der Waals surface area contributed by atoms with Crippen molar-refractivity contribution in [2.75, 3.05) is 31.2 Å². The molecule has 1 fully saturated rings. The first-order valence-corrected chi connectivity index (χ1v) is 7.40. The van der Waals surface area contributed by atoms with Crippen molar-refractivity contribution in [2.45, 2.75) is 32.2 Å². The molecule has 6 nitrogen and oxygen atoms in total. The summed E-state index contributed by atoms with van der Waals surface area (Å²) in [4.78, 5) is 6.82. The first kappa shape index (κ1) is 14.3. The molecule has 1 aliphatic rings. The zero-order chi connectivity index (χ0) is 15.0. The molecule has 1 aliphatic heterocycles. The minimum Gasteiger partial charge on any atom is -0.377 e. The van der Waals surface area contributed by atoms with E-state index in [9.17, 15) is 0 Å². The lowest BCUT2D eigenvalue weighted by Gasteiger charge is -2.35. The quantitative estimate of drug-likeness (QED) is 0.899. The zero-order valence-electron chi connectivity index (χ0n) is 12.9. The van der Waals surface area contributed by atoms with Crippen LogP contribution in [-0.4, -0.2) is 46.9 Å². The smallest absolute Gasteiger partial charge is 0.155 e. The molecule has 0 saturated carbocycles. The molecule has 0 radical (unpaired) electrons. The summed E-state index contributed by atoms with van der Waals surface area (Å²) in [7, 11) is 0. The molecule has 0 aromatic carbocycles. The molecule has 3 heterocycles. The monoisotopic (exact) mass is 289 g/mol. The van der Waals surface area contributed by atoms with Gasteiger partial charge in [-0.1, -0.05) is 20.8 Å². The predicted octanol–water partition coefficient (Wildman–Crippen LogP) is 1.19. The van der Waals surface area contributed by atoms with E-state index in [0.717, 1.165) is 23.6 Å².